The van der Waals surface area contributed by atoms with Crippen molar-refractivity contribution in [3.8, 4) is 0 Å². The van der Waals surface area contributed by atoms with Crippen molar-refractivity contribution in [2.24, 2.45) is 5.92 Å². The molecule has 2 N–H and O–H groups in total. The maximum absolute atomic E-state index is 6.02. The summed E-state index contributed by atoms with van der Waals surface area (Å²) in [5, 5.41) is 0.722. The van der Waals surface area contributed by atoms with Gasteiger partial charge in [0.15, 0.2) is 0 Å². The Hall–Kier alpha value is -0.770. The summed E-state index contributed by atoms with van der Waals surface area (Å²) in [6, 6.07) is 5.79. The fourth-order valence-corrected chi connectivity index (χ4v) is 2.84. The van der Waals surface area contributed by atoms with Crippen LogP contribution in [0, 0.1) is 5.92 Å². The van der Waals surface area contributed by atoms with Crippen molar-refractivity contribution in [2.45, 2.75) is 19.4 Å². The van der Waals surface area contributed by atoms with Crippen LogP contribution in [0.15, 0.2) is 18.2 Å². The maximum Gasteiger partial charge on any atom is 0.0491 e. The van der Waals surface area contributed by atoms with Crippen LogP contribution in [0.2, 0.25) is 5.02 Å². The molecular weight excluding hydrogens is 248 g/mol. The van der Waals surface area contributed by atoms with Crippen LogP contribution >= 0.6 is 11.6 Å². The number of halogens is 1. The highest BCUT2D eigenvalue weighted by atomic mass is 35.5. The molecule has 4 heteroatoms. The van der Waals surface area contributed by atoms with Crippen LogP contribution in [0.4, 0.5) is 5.69 Å². The van der Waals surface area contributed by atoms with E-state index in [0.717, 1.165) is 42.9 Å². The summed E-state index contributed by atoms with van der Waals surface area (Å²) in [5.41, 5.74) is 7.75. The Labute approximate surface area is 114 Å². The van der Waals surface area contributed by atoms with Crippen LogP contribution in [-0.4, -0.2) is 31.7 Å². The van der Waals surface area contributed by atoms with Gasteiger partial charge in [-0.15, -0.1) is 0 Å². The zero-order valence-corrected chi connectivity index (χ0v) is 11.6. The molecule has 1 aromatic carbocycles. The van der Waals surface area contributed by atoms with Gasteiger partial charge in [0.25, 0.3) is 0 Å². The maximum atomic E-state index is 6.02. The van der Waals surface area contributed by atoms with E-state index in [0.29, 0.717) is 0 Å². The number of ether oxygens (including phenoxy) is 1. The van der Waals surface area contributed by atoms with Crippen LogP contribution in [0.25, 0.3) is 0 Å². The van der Waals surface area contributed by atoms with E-state index in [2.05, 4.69) is 4.90 Å². The highest BCUT2D eigenvalue weighted by molar-refractivity contribution is 6.30. The largest absolute Gasteiger partial charge is 0.399 e. The zero-order valence-electron chi connectivity index (χ0n) is 10.9. The number of likely N-dealkylation sites (tertiary alicyclic amines) is 1. The summed E-state index contributed by atoms with van der Waals surface area (Å²) in [7, 11) is 1.78. The number of nitrogen functional groups attached to an aromatic ring is 1. The van der Waals surface area contributed by atoms with E-state index in [1.54, 1.807) is 13.2 Å². The van der Waals surface area contributed by atoms with Crippen molar-refractivity contribution in [1.82, 2.24) is 4.90 Å². The van der Waals surface area contributed by atoms with Gasteiger partial charge in [-0.25, -0.2) is 0 Å². The van der Waals surface area contributed by atoms with E-state index in [1.165, 1.54) is 18.4 Å². The van der Waals surface area contributed by atoms with Gasteiger partial charge in [0.05, 0.1) is 0 Å². The molecule has 0 amide bonds. The van der Waals surface area contributed by atoms with Crippen molar-refractivity contribution in [1.29, 1.82) is 0 Å². The van der Waals surface area contributed by atoms with Crippen LogP contribution in [-0.2, 0) is 11.3 Å². The minimum atomic E-state index is 0.718. The molecule has 0 spiro atoms. The smallest absolute Gasteiger partial charge is 0.0491 e. The molecule has 0 bridgehead atoms. The Balaban J connectivity index is 1.87. The minimum Gasteiger partial charge on any atom is -0.399 e. The van der Waals surface area contributed by atoms with Gasteiger partial charge in [-0.2, -0.15) is 0 Å². The SMILES string of the molecule is COCC1CCN(Cc2cc(N)cc(Cl)c2)CC1. The third-order valence-corrected chi connectivity index (χ3v) is 3.71. The topological polar surface area (TPSA) is 38.5 Å². The number of hydrogen-bond donors (Lipinski definition) is 1. The van der Waals surface area contributed by atoms with Crippen LogP contribution in [0.3, 0.4) is 0 Å². The number of piperidine rings is 1. The van der Waals surface area contributed by atoms with Crippen molar-refractivity contribution in [3.63, 3.8) is 0 Å². The molecule has 1 aliphatic heterocycles. The molecule has 0 radical (unpaired) electrons. The number of anilines is 1. The van der Waals surface area contributed by atoms with E-state index in [9.17, 15) is 0 Å². The van der Waals surface area contributed by atoms with E-state index < -0.39 is 0 Å². The lowest BCUT2D eigenvalue weighted by Gasteiger charge is -2.31. The molecule has 1 saturated heterocycles. The van der Waals surface area contributed by atoms with Gasteiger partial charge in [0, 0.05) is 31.0 Å². The Morgan fingerprint density at radius 1 is 1.33 bits per heavy atom. The van der Waals surface area contributed by atoms with Crippen LogP contribution < -0.4 is 5.73 Å². The van der Waals surface area contributed by atoms with Crippen molar-refractivity contribution in [3.05, 3.63) is 28.8 Å². The second kappa shape index (κ2) is 6.41. The second-order valence-corrected chi connectivity index (χ2v) is 5.50. The number of nitrogens with two attached hydrogens (primary N) is 1. The third kappa shape index (κ3) is 3.87. The first-order valence-electron chi connectivity index (χ1n) is 6.43. The van der Waals surface area contributed by atoms with Gasteiger partial charge >= 0.3 is 0 Å². The first-order valence-corrected chi connectivity index (χ1v) is 6.81. The lowest BCUT2D eigenvalue weighted by atomic mass is 9.97. The normalized spacial score (nSPS) is 18.1. The van der Waals surface area contributed by atoms with Gasteiger partial charge in [0.1, 0.15) is 0 Å². The van der Waals surface area contributed by atoms with Gasteiger partial charge in [0.2, 0.25) is 0 Å². The van der Waals surface area contributed by atoms with Crippen molar-refractivity contribution in [2.75, 3.05) is 32.5 Å². The highest BCUT2D eigenvalue weighted by Crippen LogP contribution is 2.22. The molecule has 0 atom stereocenters. The lowest BCUT2D eigenvalue weighted by Crippen LogP contribution is -2.34. The highest BCUT2D eigenvalue weighted by Gasteiger charge is 2.19. The Morgan fingerprint density at radius 2 is 2.06 bits per heavy atom. The Kier molecular flexibility index (Phi) is 4.87. The number of benzene rings is 1. The van der Waals surface area contributed by atoms with Gasteiger partial charge < -0.3 is 10.5 Å². The molecule has 1 fully saturated rings. The molecule has 0 aromatic heterocycles. The number of hydrogen-bond acceptors (Lipinski definition) is 3. The predicted octanol–water partition coefficient (Wildman–Crippen LogP) is 2.78. The molecule has 18 heavy (non-hydrogen) atoms. The molecule has 1 heterocycles. The average Bonchev–Trinajstić information content (AvgIpc) is 2.31. The van der Waals surface area contributed by atoms with Crippen LogP contribution in [0.5, 0.6) is 0 Å². The predicted molar refractivity (Wildman–Crippen MR) is 75.7 cm³/mol. The molecule has 3 nitrogen and oxygen atoms in total. The molecule has 0 saturated carbocycles. The fourth-order valence-electron chi connectivity index (χ4n) is 2.57. The van der Waals surface area contributed by atoms with E-state index >= 15 is 0 Å². The quantitative estimate of drug-likeness (QED) is 0.854. The molecule has 0 unspecified atom stereocenters. The molecule has 2 rings (SSSR count). The molecule has 100 valence electrons. The number of nitrogens with zero attached hydrogens (tertiary/aromatic N) is 1. The van der Waals surface area contributed by atoms with Gasteiger partial charge in [-0.05, 0) is 55.6 Å². The first kappa shape index (κ1) is 13.7. The van der Waals surface area contributed by atoms with E-state index in [4.69, 9.17) is 22.1 Å². The lowest BCUT2D eigenvalue weighted by molar-refractivity contribution is 0.0968. The Bertz CT molecular complexity index is 369. The van der Waals surface area contributed by atoms with Crippen LogP contribution in [0.1, 0.15) is 18.4 Å². The monoisotopic (exact) mass is 268 g/mol. The number of rotatable bonds is 4. The van der Waals surface area contributed by atoms with Gasteiger partial charge in [-0.3, -0.25) is 4.90 Å². The summed E-state index contributed by atoms with van der Waals surface area (Å²) < 4.78 is 5.21. The second-order valence-electron chi connectivity index (χ2n) is 5.07. The minimum absolute atomic E-state index is 0.718. The summed E-state index contributed by atoms with van der Waals surface area (Å²) in [6.07, 6.45) is 2.42. The summed E-state index contributed by atoms with van der Waals surface area (Å²) in [4.78, 5) is 2.46. The summed E-state index contributed by atoms with van der Waals surface area (Å²) >= 11 is 6.02. The van der Waals surface area contributed by atoms with Crippen molar-refractivity contribution >= 4 is 17.3 Å². The van der Waals surface area contributed by atoms with Gasteiger partial charge in [-0.1, -0.05) is 11.6 Å². The van der Waals surface area contributed by atoms with E-state index in [-0.39, 0.29) is 0 Å². The molecular formula is C14H21ClN2O. The first-order chi connectivity index (χ1) is 8.67. The fraction of sp³-hybridized carbons (Fsp3) is 0.571. The van der Waals surface area contributed by atoms with Crippen molar-refractivity contribution < 1.29 is 4.74 Å². The zero-order chi connectivity index (χ0) is 13.0. The molecule has 1 aromatic rings. The average molecular weight is 269 g/mol. The molecule has 0 aliphatic carbocycles. The number of methoxy groups -OCH3 is 1. The van der Waals surface area contributed by atoms with E-state index in [1.807, 2.05) is 12.1 Å². The summed E-state index contributed by atoms with van der Waals surface area (Å²) in [6.45, 7) is 4.07. The standard InChI is InChI=1S/C14H21ClN2O/c1-18-10-11-2-4-17(5-3-11)9-12-6-13(15)8-14(16)7-12/h6-8,11H,2-5,9-10,16H2,1H3. The molecule has 1 aliphatic rings. The Morgan fingerprint density at radius 3 is 2.67 bits per heavy atom. The summed E-state index contributed by atoms with van der Waals surface area (Å²) in [5.74, 6) is 0.718. The third-order valence-electron chi connectivity index (χ3n) is 3.50.